The van der Waals surface area contributed by atoms with Crippen molar-refractivity contribution < 1.29 is 18.0 Å². The molecule has 1 saturated heterocycles. The Morgan fingerprint density at radius 2 is 1.83 bits per heavy atom. The highest BCUT2D eigenvalue weighted by Gasteiger charge is 2.40. The summed E-state index contributed by atoms with van der Waals surface area (Å²) in [5.74, 6) is -0.532. The number of carbonyl (C=O) groups excluding carboxylic acids is 2. The average Bonchev–Trinajstić information content (AvgIpc) is 3.35. The van der Waals surface area contributed by atoms with Gasteiger partial charge in [0.1, 0.15) is 5.84 Å². The van der Waals surface area contributed by atoms with Gasteiger partial charge in [-0.25, -0.2) is 23.1 Å². The van der Waals surface area contributed by atoms with Crippen molar-refractivity contribution in [2.24, 2.45) is 4.99 Å². The van der Waals surface area contributed by atoms with E-state index in [4.69, 9.17) is 28.1 Å². The highest BCUT2D eigenvalue weighted by atomic mass is 35.5. The second-order valence-electron chi connectivity index (χ2n) is 9.88. The number of pyridine rings is 1. The average molecular weight is 598 g/mol. The van der Waals surface area contributed by atoms with E-state index >= 15 is 0 Å². The van der Waals surface area contributed by atoms with Crippen LogP contribution >= 0.6 is 11.6 Å². The van der Waals surface area contributed by atoms with Crippen LogP contribution < -0.4 is 21.5 Å². The Bertz CT molecular complexity index is 1630. The Kier molecular flexibility index (Phi) is 7.89. The van der Waals surface area contributed by atoms with Gasteiger partial charge in [-0.1, -0.05) is 23.7 Å². The quantitative estimate of drug-likeness (QED) is 0.327. The van der Waals surface area contributed by atoms with Crippen LogP contribution in [0.2, 0.25) is 5.15 Å². The number of hydrogen-bond acceptors (Lipinski definition) is 10. The summed E-state index contributed by atoms with van der Waals surface area (Å²) in [4.78, 5) is 44.2. The number of rotatable bonds is 6. The van der Waals surface area contributed by atoms with Gasteiger partial charge in [-0.15, -0.1) is 0 Å². The first kappa shape index (κ1) is 28.4. The summed E-state index contributed by atoms with van der Waals surface area (Å²) in [6.45, 7) is 0.956. The molecule has 1 spiro atoms. The van der Waals surface area contributed by atoms with Crippen LogP contribution in [0, 0.1) is 0 Å². The van der Waals surface area contributed by atoms with Crippen molar-refractivity contribution in [1.29, 1.82) is 0 Å². The van der Waals surface area contributed by atoms with Crippen LogP contribution in [0.4, 0.5) is 11.6 Å². The van der Waals surface area contributed by atoms with Gasteiger partial charge in [0, 0.05) is 44.0 Å². The molecule has 2 aliphatic heterocycles. The molecule has 0 radical (unpaired) electrons. The molecule has 0 aliphatic carbocycles. The van der Waals surface area contributed by atoms with E-state index in [1.807, 2.05) is 0 Å². The molecule has 0 bridgehead atoms. The third-order valence-corrected chi connectivity index (χ3v) is 8.82. The lowest BCUT2D eigenvalue weighted by Crippen LogP contribution is -2.45. The number of aliphatic imine (C=N–C) groups is 1. The molecule has 13 nitrogen and oxygen atoms in total. The number of amidine groups is 1. The lowest BCUT2D eigenvalue weighted by Gasteiger charge is -2.37. The molecule has 0 unspecified atom stereocenters. The minimum absolute atomic E-state index is 0.00853. The molecule has 3 aromatic rings. The van der Waals surface area contributed by atoms with Gasteiger partial charge in [0.15, 0.2) is 22.5 Å². The van der Waals surface area contributed by atoms with Crippen LogP contribution in [0.5, 0.6) is 0 Å². The van der Waals surface area contributed by atoms with E-state index in [2.05, 4.69) is 25.0 Å². The SMILES string of the molecule is Nc1nc(N)c(C(=O)NC2=NC3(CC2)CCN(C(=O)c2cccc(S(=O)(=O)NCc4cccnc4)c2)CC3)nc1Cl. The normalized spacial score (nSPS) is 16.4. The van der Waals surface area contributed by atoms with E-state index in [0.29, 0.717) is 44.6 Å². The molecular formula is C26H28ClN9O4S. The van der Waals surface area contributed by atoms with Crippen molar-refractivity contribution in [2.45, 2.75) is 42.7 Å². The van der Waals surface area contributed by atoms with Crippen molar-refractivity contribution in [2.75, 3.05) is 24.6 Å². The molecular weight excluding hydrogens is 570 g/mol. The smallest absolute Gasteiger partial charge is 0.279 e. The molecule has 1 aromatic carbocycles. The zero-order valence-electron chi connectivity index (χ0n) is 21.9. The molecule has 0 saturated carbocycles. The molecule has 2 aliphatic rings. The predicted molar refractivity (Wildman–Crippen MR) is 153 cm³/mol. The number of amides is 2. The topological polar surface area (TPSA) is 199 Å². The summed E-state index contributed by atoms with van der Waals surface area (Å²) in [5.41, 5.74) is 11.8. The lowest BCUT2D eigenvalue weighted by molar-refractivity contribution is 0.0672. The van der Waals surface area contributed by atoms with Crippen LogP contribution in [-0.2, 0) is 16.6 Å². The van der Waals surface area contributed by atoms with Gasteiger partial charge in [-0.05, 0) is 49.1 Å². The van der Waals surface area contributed by atoms with Crippen LogP contribution in [0.15, 0.2) is 58.7 Å². The number of benzene rings is 1. The standard InChI is InChI=1S/C26H28ClN9O4S/c27-21-23(29)34-22(28)20(33-21)24(37)32-19-6-7-26(35-19)8-11-36(12-9-26)25(38)17-4-1-5-18(13-17)41(39,40)31-15-16-3-2-10-30-14-16/h1-5,10,13-14,31H,6-9,11-12,15H2,(H4,28,29,34)(H,32,35,37). The van der Waals surface area contributed by atoms with Gasteiger partial charge in [0.05, 0.1) is 10.4 Å². The highest BCUT2D eigenvalue weighted by molar-refractivity contribution is 7.89. The number of piperidine rings is 1. The number of nitrogens with zero attached hydrogens (tertiary/aromatic N) is 5. The van der Waals surface area contributed by atoms with Crippen LogP contribution in [-0.4, -0.2) is 64.5 Å². The van der Waals surface area contributed by atoms with E-state index < -0.39 is 21.5 Å². The van der Waals surface area contributed by atoms with Gasteiger partial charge in [0.2, 0.25) is 10.0 Å². The van der Waals surface area contributed by atoms with Crippen molar-refractivity contribution in [1.82, 2.24) is 29.9 Å². The zero-order valence-corrected chi connectivity index (χ0v) is 23.5. The van der Waals surface area contributed by atoms with Crippen molar-refractivity contribution in [3.05, 3.63) is 70.8 Å². The first-order valence-corrected chi connectivity index (χ1v) is 14.7. The Hall–Kier alpha value is -4.14. The van der Waals surface area contributed by atoms with E-state index in [0.717, 1.165) is 5.56 Å². The van der Waals surface area contributed by atoms with E-state index in [1.54, 1.807) is 41.6 Å². The molecule has 4 heterocycles. The second-order valence-corrected chi connectivity index (χ2v) is 12.0. The number of carbonyl (C=O) groups is 2. The van der Waals surface area contributed by atoms with Gasteiger partial charge < -0.3 is 21.7 Å². The van der Waals surface area contributed by atoms with Gasteiger partial charge in [-0.3, -0.25) is 19.6 Å². The summed E-state index contributed by atoms with van der Waals surface area (Å²) in [7, 11) is -3.84. The number of anilines is 2. The monoisotopic (exact) mass is 597 g/mol. The van der Waals surface area contributed by atoms with Crippen LogP contribution in [0.1, 0.15) is 52.1 Å². The fourth-order valence-corrected chi connectivity index (χ4v) is 6.06. The molecule has 6 N–H and O–H groups in total. The molecule has 2 amide bonds. The number of hydrogen-bond donors (Lipinski definition) is 4. The second kappa shape index (κ2) is 11.4. The van der Waals surface area contributed by atoms with Gasteiger partial charge >= 0.3 is 0 Å². The lowest BCUT2D eigenvalue weighted by atomic mass is 9.86. The number of nitrogens with one attached hydrogen (secondary N) is 2. The Morgan fingerprint density at radius 1 is 1.05 bits per heavy atom. The molecule has 214 valence electrons. The van der Waals surface area contributed by atoms with Crippen LogP contribution in [0.3, 0.4) is 0 Å². The zero-order chi connectivity index (χ0) is 29.2. The molecule has 2 aromatic heterocycles. The maximum Gasteiger partial charge on any atom is 0.279 e. The highest BCUT2D eigenvalue weighted by Crippen LogP contribution is 2.36. The third kappa shape index (κ3) is 6.29. The summed E-state index contributed by atoms with van der Waals surface area (Å²) in [6.07, 6.45) is 5.64. The molecule has 15 heteroatoms. The third-order valence-electron chi connectivity index (χ3n) is 7.14. The van der Waals surface area contributed by atoms with Crippen LogP contribution in [0.25, 0.3) is 0 Å². The van der Waals surface area contributed by atoms with E-state index in [9.17, 15) is 18.0 Å². The summed E-state index contributed by atoms with van der Waals surface area (Å²) >= 11 is 5.88. The van der Waals surface area contributed by atoms with Crippen molar-refractivity contribution >= 4 is 50.9 Å². The minimum Gasteiger partial charge on any atom is -0.382 e. The minimum atomic E-state index is -3.84. The maximum atomic E-state index is 13.3. The number of nitrogens with two attached hydrogens (primary N) is 2. The van der Waals surface area contributed by atoms with E-state index in [-0.39, 0.29) is 45.4 Å². The Labute approximate surface area is 241 Å². The predicted octanol–water partition coefficient (Wildman–Crippen LogP) is 1.77. The Morgan fingerprint density at radius 3 is 2.56 bits per heavy atom. The summed E-state index contributed by atoms with van der Waals surface area (Å²) in [5, 5.41) is 2.62. The molecule has 0 atom stereocenters. The molecule has 1 fully saturated rings. The fourth-order valence-electron chi connectivity index (χ4n) is 4.87. The van der Waals surface area contributed by atoms with Gasteiger partial charge in [-0.2, -0.15) is 0 Å². The molecule has 5 rings (SSSR count). The number of likely N-dealkylation sites (tertiary alicyclic amines) is 1. The number of aromatic nitrogens is 3. The van der Waals surface area contributed by atoms with E-state index in [1.165, 1.54) is 12.1 Å². The largest absolute Gasteiger partial charge is 0.382 e. The fraction of sp³-hybridized carbons (Fsp3) is 0.308. The number of halogens is 1. The number of sulfonamides is 1. The first-order chi connectivity index (χ1) is 19.6. The van der Waals surface area contributed by atoms with Crippen molar-refractivity contribution in [3.63, 3.8) is 0 Å². The van der Waals surface area contributed by atoms with Gasteiger partial charge in [0.25, 0.3) is 11.8 Å². The number of nitrogen functional groups attached to an aromatic ring is 2. The summed E-state index contributed by atoms with van der Waals surface area (Å²) in [6, 6.07) is 9.49. The van der Waals surface area contributed by atoms with Crippen molar-refractivity contribution in [3.8, 4) is 0 Å². The maximum absolute atomic E-state index is 13.3. The first-order valence-electron chi connectivity index (χ1n) is 12.8. The molecule has 41 heavy (non-hydrogen) atoms. The Balaban J connectivity index is 1.20. The summed E-state index contributed by atoms with van der Waals surface area (Å²) < 4.78 is 28.2.